The third kappa shape index (κ3) is 3.68. The number of imidazole rings is 1. The second-order valence-corrected chi connectivity index (χ2v) is 6.49. The molecule has 1 unspecified atom stereocenters. The highest BCUT2D eigenvalue weighted by Crippen LogP contribution is 2.25. The van der Waals surface area contributed by atoms with E-state index in [4.69, 9.17) is 4.74 Å². The van der Waals surface area contributed by atoms with Crippen LogP contribution in [0.15, 0.2) is 65.4 Å². The molecule has 0 saturated heterocycles. The number of ether oxygens (including phenoxy) is 1. The molecule has 5 heteroatoms. The van der Waals surface area contributed by atoms with E-state index in [-0.39, 0.29) is 6.04 Å². The van der Waals surface area contributed by atoms with Gasteiger partial charge in [0.15, 0.2) is 0 Å². The summed E-state index contributed by atoms with van der Waals surface area (Å²) in [6, 6.07) is 16.4. The van der Waals surface area contributed by atoms with E-state index in [1.54, 1.807) is 7.11 Å². The van der Waals surface area contributed by atoms with Gasteiger partial charge in [-0.1, -0.05) is 46.3 Å². The van der Waals surface area contributed by atoms with Crippen LogP contribution in [0.25, 0.3) is 0 Å². The first-order valence-corrected chi connectivity index (χ1v) is 8.56. The van der Waals surface area contributed by atoms with Gasteiger partial charge in [0.05, 0.1) is 13.2 Å². The quantitative estimate of drug-likeness (QED) is 0.694. The fourth-order valence-electron chi connectivity index (χ4n) is 2.76. The normalized spacial score (nSPS) is 12.1. The Kier molecular flexibility index (Phi) is 5.33. The molecule has 1 N–H and O–H groups in total. The molecule has 0 aliphatic rings. The van der Waals surface area contributed by atoms with E-state index in [0.717, 1.165) is 21.6 Å². The molecule has 1 aromatic heterocycles. The molecule has 0 aliphatic carbocycles. The van der Waals surface area contributed by atoms with Crippen molar-refractivity contribution in [1.82, 2.24) is 14.9 Å². The van der Waals surface area contributed by atoms with Crippen LogP contribution in [0.3, 0.4) is 0 Å². The predicted octanol–water partition coefficient (Wildman–Crippen LogP) is 4.07. The molecule has 1 heterocycles. The Bertz CT molecular complexity index is 801. The monoisotopic (exact) mass is 385 g/mol. The van der Waals surface area contributed by atoms with Crippen molar-refractivity contribution in [3.05, 3.63) is 82.3 Å². The summed E-state index contributed by atoms with van der Waals surface area (Å²) in [5.74, 6) is 1.85. The van der Waals surface area contributed by atoms with Gasteiger partial charge in [-0.15, -0.1) is 0 Å². The number of hydrogen-bond acceptors (Lipinski definition) is 3. The van der Waals surface area contributed by atoms with Gasteiger partial charge in [-0.25, -0.2) is 4.98 Å². The highest BCUT2D eigenvalue weighted by Gasteiger charge is 2.18. The van der Waals surface area contributed by atoms with Crippen molar-refractivity contribution >= 4 is 15.9 Å². The number of methoxy groups -OCH3 is 1. The molecule has 0 fully saturated rings. The summed E-state index contributed by atoms with van der Waals surface area (Å²) in [6.07, 6.45) is 3.79. The van der Waals surface area contributed by atoms with Crippen LogP contribution in [0.1, 0.15) is 23.0 Å². The van der Waals surface area contributed by atoms with Gasteiger partial charge < -0.3 is 9.30 Å². The smallest absolute Gasteiger partial charge is 0.130 e. The molecular weight excluding hydrogens is 366 g/mol. The standard InChI is InChI=1S/C19H20BrN3O/c1-23-11-10-21-19(23)18(14-6-4-3-5-7-14)22-13-15-12-16(20)8-9-17(15)24-2/h3-12,18,22H,13H2,1-2H3. The number of nitrogens with zero attached hydrogens (tertiary/aromatic N) is 2. The molecule has 3 rings (SSSR count). The largest absolute Gasteiger partial charge is 0.496 e. The summed E-state index contributed by atoms with van der Waals surface area (Å²) in [7, 11) is 3.71. The summed E-state index contributed by atoms with van der Waals surface area (Å²) in [4.78, 5) is 4.52. The van der Waals surface area contributed by atoms with E-state index >= 15 is 0 Å². The van der Waals surface area contributed by atoms with Crippen molar-refractivity contribution in [3.63, 3.8) is 0 Å². The molecule has 0 radical (unpaired) electrons. The Morgan fingerprint density at radius 3 is 2.67 bits per heavy atom. The van der Waals surface area contributed by atoms with Crippen LogP contribution in [-0.4, -0.2) is 16.7 Å². The average molecular weight is 386 g/mol. The van der Waals surface area contributed by atoms with Gasteiger partial charge in [-0.2, -0.15) is 0 Å². The van der Waals surface area contributed by atoms with Gasteiger partial charge in [0.2, 0.25) is 0 Å². The second kappa shape index (κ2) is 7.64. The fraction of sp³-hybridized carbons (Fsp3) is 0.211. The van der Waals surface area contributed by atoms with Crippen LogP contribution >= 0.6 is 15.9 Å². The first-order valence-electron chi connectivity index (χ1n) is 7.77. The summed E-state index contributed by atoms with van der Waals surface area (Å²) >= 11 is 3.53. The van der Waals surface area contributed by atoms with Crippen molar-refractivity contribution in [2.75, 3.05) is 7.11 Å². The number of aromatic nitrogens is 2. The first kappa shape index (κ1) is 16.7. The van der Waals surface area contributed by atoms with Crippen LogP contribution in [0.2, 0.25) is 0 Å². The molecule has 124 valence electrons. The maximum atomic E-state index is 5.47. The number of nitrogens with one attached hydrogen (secondary N) is 1. The molecule has 0 amide bonds. The summed E-state index contributed by atoms with van der Waals surface area (Å²) in [5.41, 5.74) is 2.28. The Morgan fingerprint density at radius 2 is 2.00 bits per heavy atom. The predicted molar refractivity (Wildman–Crippen MR) is 99.0 cm³/mol. The maximum absolute atomic E-state index is 5.47. The van der Waals surface area contributed by atoms with E-state index in [1.807, 2.05) is 54.3 Å². The number of rotatable bonds is 6. The maximum Gasteiger partial charge on any atom is 0.130 e. The minimum Gasteiger partial charge on any atom is -0.496 e. The number of aryl methyl sites for hydroxylation is 1. The average Bonchev–Trinajstić information content (AvgIpc) is 3.02. The number of benzene rings is 2. The number of hydrogen-bond donors (Lipinski definition) is 1. The van der Waals surface area contributed by atoms with Crippen LogP contribution in [0.5, 0.6) is 5.75 Å². The zero-order chi connectivity index (χ0) is 16.9. The van der Waals surface area contributed by atoms with Crippen molar-refractivity contribution in [2.24, 2.45) is 7.05 Å². The third-order valence-electron chi connectivity index (χ3n) is 3.99. The van der Waals surface area contributed by atoms with Crippen LogP contribution in [0, 0.1) is 0 Å². The van der Waals surface area contributed by atoms with Crippen molar-refractivity contribution < 1.29 is 4.74 Å². The molecular formula is C19H20BrN3O. The molecule has 0 saturated carbocycles. The second-order valence-electron chi connectivity index (χ2n) is 5.58. The lowest BCUT2D eigenvalue weighted by molar-refractivity contribution is 0.406. The lowest BCUT2D eigenvalue weighted by atomic mass is 10.1. The molecule has 1 atom stereocenters. The molecule has 0 aliphatic heterocycles. The van der Waals surface area contributed by atoms with E-state index < -0.39 is 0 Å². The zero-order valence-corrected chi connectivity index (χ0v) is 15.3. The van der Waals surface area contributed by atoms with E-state index in [1.165, 1.54) is 5.56 Å². The molecule has 0 spiro atoms. The van der Waals surface area contributed by atoms with Gasteiger partial charge >= 0.3 is 0 Å². The fourth-order valence-corrected chi connectivity index (χ4v) is 3.16. The Labute approximate surface area is 150 Å². The molecule has 0 bridgehead atoms. The van der Waals surface area contributed by atoms with Crippen molar-refractivity contribution in [2.45, 2.75) is 12.6 Å². The highest BCUT2D eigenvalue weighted by molar-refractivity contribution is 9.10. The summed E-state index contributed by atoms with van der Waals surface area (Å²) in [6.45, 7) is 0.676. The first-order chi connectivity index (χ1) is 11.7. The van der Waals surface area contributed by atoms with E-state index in [0.29, 0.717) is 6.54 Å². The van der Waals surface area contributed by atoms with Gasteiger partial charge in [-0.05, 0) is 23.8 Å². The molecule has 2 aromatic carbocycles. The van der Waals surface area contributed by atoms with Gasteiger partial charge in [-0.3, -0.25) is 5.32 Å². The van der Waals surface area contributed by atoms with Crippen LogP contribution in [-0.2, 0) is 13.6 Å². The highest BCUT2D eigenvalue weighted by atomic mass is 79.9. The zero-order valence-electron chi connectivity index (χ0n) is 13.7. The third-order valence-corrected chi connectivity index (χ3v) is 4.48. The van der Waals surface area contributed by atoms with Gasteiger partial charge in [0.1, 0.15) is 11.6 Å². The Morgan fingerprint density at radius 1 is 1.21 bits per heavy atom. The SMILES string of the molecule is COc1ccc(Br)cc1CNC(c1ccccc1)c1nccn1C. The van der Waals surface area contributed by atoms with Crippen molar-refractivity contribution in [1.29, 1.82) is 0 Å². The van der Waals surface area contributed by atoms with E-state index in [9.17, 15) is 0 Å². The molecule has 3 aromatic rings. The van der Waals surface area contributed by atoms with Gasteiger partial charge in [0, 0.05) is 36.0 Å². The lowest BCUT2D eigenvalue weighted by Gasteiger charge is -2.20. The van der Waals surface area contributed by atoms with Crippen LogP contribution < -0.4 is 10.1 Å². The van der Waals surface area contributed by atoms with Crippen LogP contribution in [0.4, 0.5) is 0 Å². The Hall–Kier alpha value is -2.11. The summed E-state index contributed by atoms with van der Waals surface area (Å²) in [5, 5.41) is 3.61. The van der Waals surface area contributed by atoms with Crippen molar-refractivity contribution in [3.8, 4) is 5.75 Å². The van der Waals surface area contributed by atoms with E-state index in [2.05, 4.69) is 44.4 Å². The minimum atomic E-state index is 0.00916. The van der Waals surface area contributed by atoms with Gasteiger partial charge in [0.25, 0.3) is 0 Å². The number of halogens is 1. The topological polar surface area (TPSA) is 39.1 Å². The minimum absolute atomic E-state index is 0.00916. The lowest BCUT2D eigenvalue weighted by Crippen LogP contribution is -2.25. The molecule has 4 nitrogen and oxygen atoms in total. The molecule has 24 heavy (non-hydrogen) atoms. The summed E-state index contributed by atoms with van der Waals surface area (Å²) < 4.78 is 8.55. The Balaban J connectivity index is 1.88.